The average Bonchev–Trinajstić information content (AvgIpc) is 3.00. The number of rotatable bonds is 7. The average molecular weight is 210 g/mol. The Bertz CT molecular complexity index is 228. The smallest absolute Gasteiger partial charge is 0.0977 e. The lowest BCUT2D eigenvalue weighted by molar-refractivity contribution is -0.0224. The topological polar surface area (TPSA) is 45.0 Å². The first kappa shape index (κ1) is 12.5. The lowest BCUT2D eigenvalue weighted by Crippen LogP contribution is -2.32. The second kappa shape index (κ2) is 5.48. The fourth-order valence-corrected chi connectivity index (χ4v) is 1.27. The van der Waals surface area contributed by atoms with E-state index in [0.717, 1.165) is 12.8 Å². The SMILES string of the molecule is CCC(C)(C)OCCC(C#N)NC1CC1. The van der Waals surface area contributed by atoms with E-state index in [-0.39, 0.29) is 11.6 Å². The van der Waals surface area contributed by atoms with Gasteiger partial charge in [-0.1, -0.05) is 6.92 Å². The molecular formula is C12H22N2O. The number of hydrogen-bond acceptors (Lipinski definition) is 3. The first-order chi connectivity index (χ1) is 7.07. The molecule has 0 amide bonds. The molecule has 15 heavy (non-hydrogen) atoms. The molecule has 0 spiro atoms. The van der Waals surface area contributed by atoms with Crippen molar-refractivity contribution in [2.45, 2.75) is 64.1 Å². The number of ether oxygens (including phenoxy) is 1. The van der Waals surface area contributed by atoms with Crippen molar-refractivity contribution in [3.8, 4) is 6.07 Å². The van der Waals surface area contributed by atoms with Crippen molar-refractivity contribution in [1.82, 2.24) is 5.32 Å². The normalized spacial score (nSPS) is 18.5. The molecule has 3 heteroatoms. The van der Waals surface area contributed by atoms with Gasteiger partial charge in [0.05, 0.1) is 17.7 Å². The van der Waals surface area contributed by atoms with E-state index in [2.05, 4.69) is 32.2 Å². The third-order valence-corrected chi connectivity index (χ3v) is 2.92. The zero-order valence-electron chi connectivity index (χ0n) is 10.0. The van der Waals surface area contributed by atoms with Gasteiger partial charge in [-0.25, -0.2) is 0 Å². The summed E-state index contributed by atoms with van der Waals surface area (Å²) >= 11 is 0. The largest absolute Gasteiger partial charge is 0.375 e. The van der Waals surface area contributed by atoms with Crippen LogP contribution in [0.5, 0.6) is 0 Å². The van der Waals surface area contributed by atoms with E-state index in [1.54, 1.807) is 0 Å². The number of hydrogen-bond donors (Lipinski definition) is 1. The molecule has 1 aliphatic carbocycles. The van der Waals surface area contributed by atoms with Crippen LogP contribution in [0.1, 0.15) is 46.5 Å². The summed E-state index contributed by atoms with van der Waals surface area (Å²) < 4.78 is 5.72. The van der Waals surface area contributed by atoms with Crippen LogP contribution in [0.2, 0.25) is 0 Å². The summed E-state index contributed by atoms with van der Waals surface area (Å²) in [5.41, 5.74) is -0.0560. The van der Waals surface area contributed by atoms with Gasteiger partial charge in [0, 0.05) is 12.6 Å². The molecule has 1 fully saturated rings. The third-order valence-electron chi connectivity index (χ3n) is 2.92. The lowest BCUT2D eigenvalue weighted by Gasteiger charge is -2.24. The van der Waals surface area contributed by atoms with E-state index < -0.39 is 0 Å². The van der Waals surface area contributed by atoms with Crippen molar-refractivity contribution in [3.63, 3.8) is 0 Å². The summed E-state index contributed by atoms with van der Waals surface area (Å²) in [5.74, 6) is 0. The Hall–Kier alpha value is -0.590. The highest BCUT2D eigenvalue weighted by Gasteiger charge is 2.24. The fourth-order valence-electron chi connectivity index (χ4n) is 1.27. The van der Waals surface area contributed by atoms with Gasteiger partial charge >= 0.3 is 0 Å². The Morgan fingerprint density at radius 3 is 2.67 bits per heavy atom. The van der Waals surface area contributed by atoms with Gasteiger partial charge < -0.3 is 4.74 Å². The van der Waals surface area contributed by atoms with Crippen molar-refractivity contribution in [1.29, 1.82) is 5.26 Å². The predicted octanol–water partition coefficient (Wildman–Crippen LogP) is 2.23. The summed E-state index contributed by atoms with van der Waals surface area (Å²) in [4.78, 5) is 0. The van der Waals surface area contributed by atoms with Gasteiger partial charge in [0.25, 0.3) is 0 Å². The van der Waals surface area contributed by atoms with Crippen LogP contribution in [-0.4, -0.2) is 24.3 Å². The van der Waals surface area contributed by atoms with Crippen molar-refractivity contribution < 1.29 is 4.74 Å². The number of nitrogens with zero attached hydrogens (tertiary/aromatic N) is 1. The monoisotopic (exact) mass is 210 g/mol. The third kappa shape index (κ3) is 5.15. The van der Waals surface area contributed by atoms with E-state index in [9.17, 15) is 0 Å². The molecule has 0 radical (unpaired) electrons. The second-order valence-electron chi connectivity index (χ2n) is 4.87. The van der Waals surface area contributed by atoms with Crippen LogP contribution in [0.15, 0.2) is 0 Å². The molecular weight excluding hydrogens is 188 g/mol. The highest BCUT2D eigenvalue weighted by Crippen LogP contribution is 2.20. The molecule has 0 aliphatic heterocycles. The Morgan fingerprint density at radius 1 is 1.53 bits per heavy atom. The molecule has 3 nitrogen and oxygen atoms in total. The Balaban J connectivity index is 2.14. The summed E-state index contributed by atoms with van der Waals surface area (Å²) in [6.07, 6.45) is 4.23. The van der Waals surface area contributed by atoms with E-state index in [1.807, 2.05) is 0 Å². The molecule has 1 saturated carbocycles. The van der Waals surface area contributed by atoms with E-state index in [1.165, 1.54) is 12.8 Å². The Labute approximate surface area is 92.8 Å². The molecule has 1 rings (SSSR count). The van der Waals surface area contributed by atoms with Crippen LogP contribution in [0.4, 0.5) is 0 Å². The van der Waals surface area contributed by atoms with Crippen LogP contribution >= 0.6 is 0 Å². The van der Waals surface area contributed by atoms with Gasteiger partial charge in [0.1, 0.15) is 0 Å². The van der Waals surface area contributed by atoms with Gasteiger partial charge in [-0.2, -0.15) is 5.26 Å². The molecule has 0 aromatic rings. The van der Waals surface area contributed by atoms with Crippen LogP contribution in [0.3, 0.4) is 0 Å². The molecule has 1 aliphatic rings. The van der Waals surface area contributed by atoms with Crippen molar-refractivity contribution in [2.75, 3.05) is 6.61 Å². The predicted molar refractivity (Wildman–Crippen MR) is 60.5 cm³/mol. The Kier molecular flexibility index (Phi) is 4.56. The van der Waals surface area contributed by atoms with Crippen LogP contribution in [0, 0.1) is 11.3 Å². The molecule has 0 aromatic carbocycles. The highest BCUT2D eigenvalue weighted by atomic mass is 16.5. The Morgan fingerprint density at radius 2 is 2.20 bits per heavy atom. The standard InChI is InChI=1S/C12H22N2O/c1-4-12(2,3)15-8-7-11(9-13)14-10-5-6-10/h10-11,14H,4-8H2,1-3H3. The lowest BCUT2D eigenvalue weighted by atomic mass is 10.1. The summed E-state index contributed by atoms with van der Waals surface area (Å²) in [5, 5.41) is 12.2. The summed E-state index contributed by atoms with van der Waals surface area (Å²) in [6.45, 7) is 6.95. The van der Waals surface area contributed by atoms with Gasteiger partial charge in [0.15, 0.2) is 0 Å². The minimum absolute atomic E-state index is 0.0369. The highest BCUT2D eigenvalue weighted by molar-refractivity contribution is 4.95. The van der Waals surface area contributed by atoms with Crippen LogP contribution in [0.25, 0.3) is 0 Å². The van der Waals surface area contributed by atoms with Gasteiger partial charge in [-0.05, 0) is 39.5 Å². The van der Waals surface area contributed by atoms with Crippen molar-refractivity contribution >= 4 is 0 Å². The van der Waals surface area contributed by atoms with E-state index >= 15 is 0 Å². The number of nitriles is 1. The molecule has 86 valence electrons. The molecule has 1 unspecified atom stereocenters. The molecule has 0 aromatic heterocycles. The maximum absolute atomic E-state index is 8.92. The summed E-state index contributed by atoms with van der Waals surface area (Å²) in [7, 11) is 0. The quantitative estimate of drug-likeness (QED) is 0.701. The second-order valence-corrected chi connectivity index (χ2v) is 4.87. The zero-order chi connectivity index (χ0) is 11.3. The summed E-state index contributed by atoms with van der Waals surface area (Å²) in [6, 6.07) is 2.84. The van der Waals surface area contributed by atoms with E-state index in [4.69, 9.17) is 10.00 Å². The van der Waals surface area contributed by atoms with Crippen molar-refractivity contribution in [3.05, 3.63) is 0 Å². The van der Waals surface area contributed by atoms with E-state index in [0.29, 0.717) is 12.6 Å². The maximum atomic E-state index is 8.92. The molecule has 1 N–H and O–H groups in total. The molecule has 0 heterocycles. The van der Waals surface area contributed by atoms with Crippen LogP contribution in [-0.2, 0) is 4.74 Å². The molecule has 0 saturated heterocycles. The molecule has 0 bridgehead atoms. The van der Waals surface area contributed by atoms with Gasteiger partial charge in [-0.15, -0.1) is 0 Å². The zero-order valence-corrected chi connectivity index (χ0v) is 10.0. The molecule has 1 atom stereocenters. The van der Waals surface area contributed by atoms with Crippen LogP contribution < -0.4 is 5.32 Å². The van der Waals surface area contributed by atoms with Gasteiger partial charge in [-0.3, -0.25) is 5.32 Å². The number of nitrogens with one attached hydrogen (secondary N) is 1. The van der Waals surface area contributed by atoms with Gasteiger partial charge in [0.2, 0.25) is 0 Å². The first-order valence-corrected chi connectivity index (χ1v) is 5.87. The minimum Gasteiger partial charge on any atom is -0.375 e. The first-order valence-electron chi connectivity index (χ1n) is 5.87. The fraction of sp³-hybridized carbons (Fsp3) is 0.917. The maximum Gasteiger partial charge on any atom is 0.0977 e. The van der Waals surface area contributed by atoms with Crippen molar-refractivity contribution in [2.24, 2.45) is 0 Å². The minimum atomic E-state index is -0.0560.